The molecule has 110 valence electrons. The lowest BCUT2D eigenvalue weighted by molar-refractivity contribution is -0.0528. The van der Waals surface area contributed by atoms with E-state index in [4.69, 9.17) is 9.31 Å². The molecule has 0 saturated carbocycles. The third-order valence-corrected chi connectivity index (χ3v) is 3.84. The lowest BCUT2D eigenvalue weighted by Crippen LogP contribution is -2.41. The number of aryl methyl sites for hydroxylation is 1. The molecule has 1 aliphatic heterocycles. The van der Waals surface area contributed by atoms with Gasteiger partial charge in [0.1, 0.15) is 0 Å². The molecule has 2 heterocycles. The van der Waals surface area contributed by atoms with E-state index in [1.807, 2.05) is 27.7 Å². The largest absolute Gasteiger partial charge is 0.496 e. The van der Waals surface area contributed by atoms with Gasteiger partial charge in [-0.2, -0.15) is 8.78 Å². The topological polar surface area (TPSA) is 40.6 Å². The van der Waals surface area contributed by atoms with Gasteiger partial charge < -0.3 is 14.0 Å². The number of aromatic nitrogens is 1. The van der Waals surface area contributed by atoms with Crippen LogP contribution in [0.3, 0.4) is 0 Å². The molecule has 1 aliphatic rings. The number of hydrogen-bond donors (Lipinski definition) is 0. The van der Waals surface area contributed by atoms with E-state index in [2.05, 4.69) is 9.72 Å². The van der Waals surface area contributed by atoms with Gasteiger partial charge in [0, 0.05) is 17.7 Å². The van der Waals surface area contributed by atoms with E-state index in [0.29, 0.717) is 5.46 Å². The number of rotatable bonds is 3. The van der Waals surface area contributed by atoms with Crippen LogP contribution in [0.4, 0.5) is 8.78 Å². The van der Waals surface area contributed by atoms with Crippen LogP contribution < -0.4 is 10.2 Å². The minimum atomic E-state index is -2.88. The first-order chi connectivity index (χ1) is 9.12. The smallest absolute Gasteiger partial charge is 0.417 e. The summed E-state index contributed by atoms with van der Waals surface area (Å²) in [6.07, 6.45) is 1.45. The molecule has 0 radical (unpaired) electrons. The number of pyridine rings is 1. The van der Waals surface area contributed by atoms with Crippen molar-refractivity contribution in [2.45, 2.75) is 52.4 Å². The summed E-state index contributed by atoms with van der Waals surface area (Å²) in [6, 6.07) is 1.45. The van der Waals surface area contributed by atoms with Crippen LogP contribution in [-0.2, 0) is 9.31 Å². The molecular formula is C13H18BF2NO3. The highest BCUT2D eigenvalue weighted by molar-refractivity contribution is 6.62. The molecule has 7 heteroatoms. The minimum Gasteiger partial charge on any atom is -0.417 e. The Bertz CT molecular complexity index is 492. The van der Waals surface area contributed by atoms with Crippen molar-refractivity contribution in [1.82, 2.24) is 4.98 Å². The monoisotopic (exact) mass is 285 g/mol. The highest BCUT2D eigenvalue weighted by atomic mass is 19.3. The first kappa shape index (κ1) is 15.2. The first-order valence-electron chi connectivity index (χ1n) is 6.39. The summed E-state index contributed by atoms with van der Waals surface area (Å²) >= 11 is 0. The molecule has 1 fully saturated rings. The fraction of sp³-hybridized carbons (Fsp3) is 0.615. The summed E-state index contributed by atoms with van der Waals surface area (Å²) in [5.41, 5.74) is 0.532. The number of alkyl halides is 2. The Hall–Kier alpha value is -1.21. The second kappa shape index (κ2) is 4.97. The second-order valence-electron chi connectivity index (χ2n) is 5.85. The first-order valence-corrected chi connectivity index (χ1v) is 6.39. The lowest BCUT2D eigenvalue weighted by atomic mass is 9.77. The fourth-order valence-electron chi connectivity index (χ4n) is 1.91. The standard InChI is InChI=1S/C13H18BF2NO3/c1-8-6-10(18-11(15)16)17-7-9(8)14-19-12(2,3)13(4,5)20-14/h6-7,11H,1-5H3. The van der Waals surface area contributed by atoms with Gasteiger partial charge in [0.25, 0.3) is 0 Å². The average Bonchev–Trinajstić information content (AvgIpc) is 2.46. The van der Waals surface area contributed by atoms with Crippen LogP contribution >= 0.6 is 0 Å². The molecule has 0 atom stereocenters. The molecule has 1 saturated heterocycles. The van der Waals surface area contributed by atoms with Crippen molar-refractivity contribution >= 4 is 12.6 Å². The van der Waals surface area contributed by atoms with Crippen LogP contribution in [0.2, 0.25) is 0 Å². The maximum Gasteiger partial charge on any atom is 0.496 e. The molecule has 0 amide bonds. The van der Waals surface area contributed by atoms with Gasteiger partial charge in [-0.1, -0.05) is 0 Å². The number of hydrogen-bond acceptors (Lipinski definition) is 4. The van der Waals surface area contributed by atoms with E-state index < -0.39 is 24.9 Å². The van der Waals surface area contributed by atoms with Gasteiger partial charge in [0.2, 0.25) is 5.88 Å². The van der Waals surface area contributed by atoms with Crippen LogP contribution in [0.25, 0.3) is 0 Å². The summed E-state index contributed by atoms with van der Waals surface area (Å²) in [6.45, 7) is 6.69. The average molecular weight is 285 g/mol. The van der Waals surface area contributed by atoms with Crippen LogP contribution in [0, 0.1) is 6.92 Å². The maximum absolute atomic E-state index is 12.1. The molecule has 0 aromatic carbocycles. The van der Waals surface area contributed by atoms with Crippen molar-refractivity contribution in [3.05, 3.63) is 17.8 Å². The Morgan fingerprint density at radius 2 is 1.75 bits per heavy atom. The van der Waals surface area contributed by atoms with Crippen molar-refractivity contribution < 1.29 is 22.8 Å². The number of halogens is 2. The second-order valence-corrected chi connectivity index (χ2v) is 5.85. The number of nitrogens with zero attached hydrogens (tertiary/aromatic N) is 1. The third kappa shape index (κ3) is 2.78. The number of ether oxygens (including phenoxy) is 1. The quantitative estimate of drug-likeness (QED) is 0.799. The Kier molecular flexibility index (Phi) is 3.77. The molecule has 2 rings (SSSR count). The van der Waals surface area contributed by atoms with Crippen molar-refractivity contribution in [2.75, 3.05) is 0 Å². The van der Waals surface area contributed by atoms with Crippen molar-refractivity contribution in [3.8, 4) is 5.88 Å². The van der Waals surface area contributed by atoms with Gasteiger partial charge in [-0.3, -0.25) is 0 Å². The highest BCUT2D eigenvalue weighted by Gasteiger charge is 2.52. The van der Waals surface area contributed by atoms with Crippen LogP contribution in [0.15, 0.2) is 12.3 Å². The summed E-state index contributed by atoms with van der Waals surface area (Å²) in [5, 5.41) is 0. The van der Waals surface area contributed by atoms with Gasteiger partial charge in [0.15, 0.2) is 0 Å². The molecular weight excluding hydrogens is 267 g/mol. The molecule has 0 N–H and O–H groups in total. The SMILES string of the molecule is Cc1cc(OC(F)F)ncc1B1OC(C)(C)C(C)(C)O1. The van der Waals surface area contributed by atoms with E-state index in [9.17, 15) is 8.78 Å². The molecule has 4 nitrogen and oxygen atoms in total. The summed E-state index contributed by atoms with van der Waals surface area (Å²) in [7, 11) is -0.562. The zero-order valence-corrected chi connectivity index (χ0v) is 12.2. The zero-order valence-electron chi connectivity index (χ0n) is 12.2. The zero-order chi connectivity index (χ0) is 15.1. The van der Waals surface area contributed by atoms with E-state index in [0.717, 1.165) is 5.56 Å². The molecule has 0 spiro atoms. The van der Waals surface area contributed by atoms with Crippen LogP contribution in [-0.4, -0.2) is 29.9 Å². The van der Waals surface area contributed by atoms with Crippen LogP contribution in [0.1, 0.15) is 33.3 Å². The Balaban J connectivity index is 2.23. The van der Waals surface area contributed by atoms with Crippen molar-refractivity contribution in [2.24, 2.45) is 0 Å². The molecule has 1 aromatic heterocycles. The third-order valence-electron chi connectivity index (χ3n) is 3.84. The summed E-state index contributed by atoms with van der Waals surface area (Å²) in [4.78, 5) is 3.86. The van der Waals surface area contributed by atoms with E-state index in [1.54, 1.807) is 6.92 Å². The molecule has 0 aliphatic carbocycles. The molecule has 1 aromatic rings. The maximum atomic E-state index is 12.1. The van der Waals surface area contributed by atoms with Gasteiger partial charge in [-0.05, 0) is 40.2 Å². The normalized spacial score (nSPS) is 20.5. The predicted molar refractivity (Wildman–Crippen MR) is 71.3 cm³/mol. The van der Waals surface area contributed by atoms with E-state index in [-0.39, 0.29) is 5.88 Å². The molecule has 0 bridgehead atoms. The molecule has 0 unspecified atom stereocenters. The van der Waals surface area contributed by atoms with Gasteiger partial charge in [-0.25, -0.2) is 4.98 Å². The van der Waals surface area contributed by atoms with Crippen molar-refractivity contribution in [3.63, 3.8) is 0 Å². The Labute approximate surface area is 117 Å². The minimum absolute atomic E-state index is 0.113. The predicted octanol–water partition coefficient (Wildman–Crippen LogP) is 2.29. The Morgan fingerprint density at radius 3 is 2.20 bits per heavy atom. The molecule has 20 heavy (non-hydrogen) atoms. The lowest BCUT2D eigenvalue weighted by Gasteiger charge is -2.32. The highest BCUT2D eigenvalue weighted by Crippen LogP contribution is 2.36. The van der Waals surface area contributed by atoms with E-state index in [1.165, 1.54) is 12.3 Å². The summed E-state index contributed by atoms with van der Waals surface area (Å²) in [5.74, 6) is -0.113. The fourth-order valence-corrected chi connectivity index (χ4v) is 1.91. The summed E-state index contributed by atoms with van der Waals surface area (Å²) < 4.78 is 40.4. The van der Waals surface area contributed by atoms with Gasteiger partial charge in [0.05, 0.1) is 11.2 Å². The van der Waals surface area contributed by atoms with Crippen LogP contribution in [0.5, 0.6) is 5.88 Å². The van der Waals surface area contributed by atoms with Crippen molar-refractivity contribution in [1.29, 1.82) is 0 Å². The van der Waals surface area contributed by atoms with Gasteiger partial charge >= 0.3 is 13.7 Å². The van der Waals surface area contributed by atoms with Gasteiger partial charge in [-0.15, -0.1) is 0 Å². The Morgan fingerprint density at radius 1 is 1.20 bits per heavy atom. The van der Waals surface area contributed by atoms with E-state index >= 15 is 0 Å².